The first-order chi connectivity index (χ1) is 8.84. The molecule has 1 heterocycles. The van der Waals surface area contributed by atoms with E-state index in [1.54, 1.807) is 0 Å². The number of carbonyl (C=O) groups is 3. The third kappa shape index (κ3) is 2.39. The van der Waals surface area contributed by atoms with Crippen LogP contribution in [0.1, 0.15) is 23.2 Å². The molecule has 0 spiro atoms. The largest absolute Gasteiger partial charge is 0.276 e. The van der Waals surface area contributed by atoms with Crippen molar-refractivity contribution in [1.82, 2.24) is 4.31 Å². The van der Waals surface area contributed by atoms with E-state index >= 15 is 0 Å². The molecule has 1 aliphatic rings. The second kappa shape index (κ2) is 4.75. The quantitative estimate of drug-likeness (QED) is 0.611. The zero-order valence-corrected chi connectivity index (χ0v) is 11.1. The first kappa shape index (κ1) is 13.7. The van der Waals surface area contributed by atoms with Crippen molar-refractivity contribution in [3.63, 3.8) is 0 Å². The topological polar surface area (TPSA) is 88.6 Å². The SMILES string of the molecule is O=C(Cl)c1ccc(S(=O)(=O)N2C(=O)CCC2=O)cc1. The summed E-state index contributed by atoms with van der Waals surface area (Å²) in [5.41, 5.74) is 0.125. The lowest BCUT2D eigenvalue weighted by atomic mass is 10.2. The highest BCUT2D eigenvalue weighted by Gasteiger charge is 2.39. The molecular formula is C11H8ClNO5S. The van der Waals surface area contributed by atoms with Gasteiger partial charge in [0.2, 0.25) is 11.8 Å². The minimum atomic E-state index is -4.20. The number of nitrogens with zero attached hydrogens (tertiary/aromatic N) is 1. The summed E-state index contributed by atoms with van der Waals surface area (Å²) in [6.45, 7) is 0. The van der Waals surface area contributed by atoms with Gasteiger partial charge < -0.3 is 0 Å². The van der Waals surface area contributed by atoms with Crippen LogP contribution in [0.3, 0.4) is 0 Å². The summed E-state index contributed by atoms with van der Waals surface area (Å²) in [6, 6.07) is 4.69. The van der Waals surface area contributed by atoms with Crippen LogP contribution in [0.25, 0.3) is 0 Å². The molecule has 0 aliphatic carbocycles. The number of benzene rings is 1. The molecule has 19 heavy (non-hydrogen) atoms. The van der Waals surface area contributed by atoms with Gasteiger partial charge in [0.15, 0.2) is 0 Å². The molecule has 100 valence electrons. The molecular weight excluding hydrogens is 294 g/mol. The zero-order valence-electron chi connectivity index (χ0n) is 9.50. The van der Waals surface area contributed by atoms with E-state index in [9.17, 15) is 22.8 Å². The number of hydrogen-bond donors (Lipinski definition) is 0. The Balaban J connectivity index is 2.42. The maximum absolute atomic E-state index is 12.1. The van der Waals surface area contributed by atoms with Gasteiger partial charge in [0, 0.05) is 18.4 Å². The molecule has 0 radical (unpaired) electrons. The monoisotopic (exact) mass is 301 g/mol. The summed E-state index contributed by atoms with van der Waals surface area (Å²) < 4.78 is 24.5. The summed E-state index contributed by atoms with van der Waals surface area (Å²) in [7, 11) is -4.20. The van der Waals surface area contributed by atoms with Crippen molar-refractivity contribution >= 4 is 38.7 Å². The number of imide groups is 1. The third-order valence-electron chi connectivity index (χ3n) is 2.63. The van der Waals surface area contributed by atoms with Gasteiger partial charge in [-0.25, -0.2) is 8.42 Å². The van der Waals surface area contributed by atoms with Crippen molar-refractivity contribution in [2.45, 2.75) is 17.7 Å². The maximum Gasteiger partial charge on any atom is 0.273 e. The van der Waals surface area contributed by atoms with Crippen LogP contribution < -0.4 is 0 Å². The smallest absolute Gasteiger partial charge is 0.273 e. The number of halogens is 1. The van der Waals surface area contributed by atoms with E-state index in [1.165, 1.54) is 12.1 Å². The Morgan fingerprint density at radius 2 is 1.53 bits per heavy atom. The number of hydrogen-bond acceptors (Lipinski definition) is 5. The Labute approximate surface area is 114 Å². The zero-order chi connectivity index (χ0) is 14.2. The fourth-order valence-electron chi connectivity index (χ4n) is 1.69. The van der Waals surface area contributed by atoms with Crippen molar-refractivity contribution in [1.29, 1.82) is 0 Å². The van der Waals surface area contributed by atoms with Crippen molar-refractivity contribution in [3.05, 3.63) is 29.8 Å². The Morgan fingerprint density at radius 3 is 1.95 bits per heavy atom. The average Bonchev–Trinajstić information content (AvgIpc) is 2.69. The molecule has 0 atom stereocenters. The number of carbonyl (C=O) groups excluding carboxylic acids is 3. The number of amides is 2. The van der Waals surface area contributed by atoms with Gasteiger partial charge in [-0.2, -0.15) is 4.31 Å². The Morgan fingerprint density at radius 1 is 1.05 bits per heavy atom. The fraction of sp³-hybridized carbons (Fsp3) is 0.182. The molecule has 2 amide bonds. The van der Waals surface area contributed by atoms with Crippen LogP contribution in [0.2, 0.25) is 0 Å². The molecule has 0 aromatic heterocycles. The second-order valence-electron chi connectivity index (χ2n) is 3.86. The fourth-order valence-corrected chi connectivity index (χ4v) is 3.22. The summed E-state index contributed by atoms with van der Waals surface area (Å²) in [5, 5.41) is -0.725. The first-order valence-electron chi connectivity index (χ1n) is 5.25. The standard InChI is InChI=1S/C11H8ClNO5S/c12-11(16)7-1-3-8(4-2-7)19(17,18)13-9(14)5-6-10(13)15/h1-4H,5-6H2. The number of rotatable bonds is 3. The van der Waals surface area contributed by atoms with Gasteiger partial charge >= 0.3 is 0 Å². The molecule has 8 heteroatoms. The van der Waals surface area contributed by atoms with Crippen LogP contribution in [-0.4, -0.2) is 29.8 Å². The Hall–Kier alpha value is -1.73. The molecule has 1 aromatic carbocycles. The molecule has 1 aromatic rings. The molecule has 0 unspecified atom stereocenters. The molecule has 0 bridgehead atoms. The van der Waals surface area contributed by atoms with Crippen LogP contribution in [0.4, 0.5) is 0 Å². The first-order valence-corrected chi connectivity index (χ1v) is 7.07. The summed E-state index contributed by atoms with van der Waals surface area (Å²) >= 11 is 5.24. The molecule has 2 rings (SSSR count). The molecule has 1 fully saturated rings. The maximum atomic E-state index is 12.1. The van der Waals surface area contributed by atoms with E-state index < -0.39 is 27.1 Å². The van der Waals surface area contributed by atoms with Crippen LogP contribution in [0.5, 0.6) is 0 Å². The van der Waals surface area contributed by atoms with Crippen molar-refractivity contribution in [2.24, 2.45) is 0 Å². The van der Waals surface area contributed by atoms with Crippen LogP contribution in [0, 0.1) is 0 Å². The highest BCUT2D eigenvalue weighted by Crippen LogP contribution is 2.23. The van der Waals surface area contributed by atoms with E-state index in [-0.39, 0.29) is 27.6 Å². The van der Waals surface area contributed by atoms with Gasteiger partial charge in [-0.3, -0.25) is 14.4 Å². The lowest BCUT2D eigenvalue weighted by Gasteiger charge is -2.14. The Bertz CT molecular complexity index is 649. The van der Waals surface area contributed by atoms with E-state index in [1.807, 2.05) is 0 Å². The van der Waals surface area contributed by atoms with Crippen LogP contribution in [-0.2, 0) is 19.6 Å². The lowest BCUT2D eigenvalue weighted by Crippen LogP contribution is -2.35. The third-order valence-corrected chi connectivity index (χ3v) is 4.60. The van der Waals surface area contributed by atoms with Gasteiger partial charge in [-0.1, -0.05) is 0 Å². The van der Waals surface area contributed by atoms with Gasteiger partial charge in [0.1, 0.15) is 0 Å². The molecule has 0 N–H and O–H groups in total. The molecule has 0 saturated carbocycles. The molecule has 1 saturated heterocycles. The summed E-state index contributed by atoms with van der Waals surface area (Å²) in [5.74, 6) is -1.50. The van der Waals surface area contributed by atoms with Gasteiger partial charge in [-0.15, -0.1) is 0 Å². The van der Waals surface area contributed by atoms with Crippen molar-refractivity contribution in [3.8, 4) is 0 Å². The van der Waals surface area contributed by atoms with E-state index in [0.29, 0.717) is 0 Å². The highest BCUT2D eigenvalue weighted by molar-refractivity contribution is 7.90. The summed E-state index contributed by atoms with van der Waals surface area (Å²) in [6.07, 6.45) is -0.230. The second-order valence-corrected chi connectivity index (χ2v) is 5.98. The Kier molecular flexibility index (Phi) is 3.42. The van der Waals surface area contributed by atoms with Crippen LogP contribution >= 0.6 is 11.6 Å². The minimum absolute atomic E-state index is 0.115. The van der Waals surface area contributed by atoms with Crippen LogP contribution in [0.15, 0.2) is 29.2 Å². The van der Waals surface area contributed by atoms with Gasteiger partial charge in [0.25, 0.3) is 15.3 Å². The van der Waals surface area contributed by atoms with E-state index in [2.05, 4.69) is 0 Å². The summed E-state index contributed by atoms with van der Waals surface area (Å²) in [4.78, 5) is 33.5. The highest BCUT2D eigenvalue weighted by atomic mass is 35.5. The molecule has 6 nitrogen and oxygen atoms in total. The van der Waals surface area contributed by atoms with Crippen molar-refractivity contribution < 1.29 is 22.8 Å². The lowest BCUT2D eigenvalue weighted by molar-refractivity contribution is -0.132. The molecule has 1 aliphatic heterocycles. The normalized spacial score (nSPS) is 15.9. The van der Waals surface area contributed by atoms with Gasteiger partial charge in [0.05, 0.1) is 4.90 Å². The minimum Gasteiger partial charge on any atom is -0.276 e. The predicted molar refractivity (Wildman–Crippen MR) is 64.9 cm³/mol. The predicted octanol–water partition coefficient (Wildman–Crippen LogP) is 0.903. The van der Waals surface area contributed by atoms with E-state index in [0.717, 1.165) is 12.1 Å². The van der Waals surface area contributed by atoms with Gasteiger partial charge in [-0.05, 0) is 35.9 Å². The van der Waals surface area contributed by atoms with E-state index in [4.69, 9.17) is 11.6 Å². The van der Waals surface area contributed by atoms with Crippen molar-refractivity contribution in [2.75, 3.05) is 0 Å². The average molecular weight is 302 g/mol. The number of sulfonamides is 1.